The summed E-state index contributed by atoms with van der Waals surface area (Å²) in [5, 5.41) is 59.4. The summed E-state index contributed by atoms with van der Waals surface area (Å²) in [6, 6.07) is 0. The second-order valence-electron chi connectivity index (χ2n) is 5.87. The number of hydrogen-bond donors (Lipinski definition) is 0. The Morgan fingerprint density at radius 1 is 0.433 bits per heavy atom. The molecule has 4 unspecified atom stereocenters. The van der Waals surface area contributed by atoms with Gasteiger partial charge in [-0.2, -0.15) is 0 Å². The topological polar surface area (TPSA) is 278 Å². The first-order valence-corrected chi connectivity index (χ1v) is 7.27. The molecule has 3 saturated heterocycles. The van der Waals surface area contributed by atoms with E-state index in [1.165, 1.54) is 0 Å². The van der Waals surface area contributed by atoms with Crippen molar-refractivity contribution < 1.29 is 30.2 Å². The van der Waals surface area contributed by atoms with Crippen molar-refractivity contribution in [3.05, 3.63) is 72.3 Å². The fourth-order valence-corrected chi connectivity index (χ4v) is 4.02. The van der Waals surface area contributed by atoms with Crippen LogP contribution in [0.4, 0.5) is 0 Å². The monoisotopic (exact) mass is 436 g/mol. The van der Waals surface area contributed by atoms with Gasteiger partial charge < -0.3 is 0 Å². The van der Waals surface area contributed by atoms with Gasteiger partial charge in [0.15, 0.2) is 30.2 Å². The van der Waals surface area contributed by atoms with Crippen molar-refractivity contribution in [3.63, 3.8) is 0 Å². The van der Waals surface area contributed by atoms with Crippen molar-refractivity contribution in [1.82, 2.24) is 30.1 Å². The van der Waals surface area contributed by atoms with Crippen LogP contribution in [0, 0.1) is 60.7 Å². The third kappa shape index (κ3) is 1.77. The third-order valence-electron chi connectivity index (χ3n) is 4.77. The van der Waals surface area contributed by atoms with Crippen molar-refractivity contribution in [3.8, 4) is 0 Å². The predicted molar refractivity (Wildman–Crippen MR) is 75.2 cm³/mol. The third-order valence-corrected chi connectivity index (χ3v) is 4.77. The lowest BCUT2D eigenvalue weighted by Gasteiger charge is -2.39. The number of rotatable bonds is 6. The molecule has 5 heterocycles. The number of hydrazine groups is 6. The minimum Gasteiger partial charge on any atom is -0.235 e. The Balaban J connectivity index is 2.19. The van der Waals surface area contributed by atoms with Gasteiger partial charge in [-0.3, -0.25) is 0 Å². The maximum absolute atomic E-state index is 11.7. The van der Waals surface area contributed by atoms with Gasteiger partial charge in [-0.05, 0) is 20.0 Å². The molecule has 4 atom stereocenters. The minimum absolute atomic E-state index is 0.221. The number of nitrogens with zero attached hydrogens (tertiary/aromatic N) is 12. The average molecular weight is 436 g/mol. The molecule has 24 nitrogen and oxygen atoms in total. The molecule has 0 spiro atoms. The lowest BCUT2D eigenvalue weighted by molar-refractivity contribution is -0.792. The lowest BCUT2D eigenvalue weighted by atomic mass is 10.2. The van der Waals surface area contributed by atoms with Gasteiger partial charge in [0.1, 0.15) is 0 Å². The molecule has 3 fully saturated rings. The first-order chi connectivity index (χ1) is 13.9. The van der Waals surface area contributed by atoms with E-state index in [0.29, 0.717) is 0 Å². The zero-order valence-electron chi connectivity index (χ0n) is 13.6. The van der Waals surface area contributed by atoms with Crippen LogP contribution in [0.2, 0.25) is 0 Å². The molecule has 0 aromatic rings. The first-order valence-electron chi connectivity index (χ1n) is 7.27. The van der Waals surface area contributed by atoms with Crippen LogP contribution < -0.4 is 0 Å². The van der Waals surface area contributed by atoms with Gasteiger partial charge in [0.2, 0.25) is 0 Å². The largest absolute Gasteiger partial charge is 0.292 e. The number of hydrogen-bond acceptors (Lipinski definition) is 12. The van der Waals surface area contributed by atoms with Crippen LogP contribution in [-0.4, -0.2) is 84.9 Å². The molecule has 0 N–H and O–H groups in total. The second-order valence-corrected chi connectivity index (χ2v) is 5.87. The fourth-order valence-electron chi connectivity index (χ4n) is 4.02. The van der Waals surface area contributed by atoms with Crippen molar-refractivity contribution in [2.24, 2.45) is 0 Å². The molecule has 5 rings (SSSR count). The highest BCUT2D eigenvalue weighted by atomic mass is 16.7. The molecule has 0 aromatic carbocycles. The van der Waals surface area contributed by atoms with Gasteiger partial charge in [-0.1, -0.05) is 10.0 Å². The summed E-state index contributed by atoms with van der Waals surface area (Å²) in [6.45, 7) is 0. The van der Waals surface area contributed by atoms with E-state index in [4.69, 9.17) is 0 Å². The summed E-state index contributed by atoms with van der Waals surface area (Å²) in [5.41, 5.74) is 0. The van der Waals surface area contributed by atoms with E-state index < -0.39 is 66.5 Å². The molecule has 0 aromatic heterocycles. The Morgan fingerprint density at radius 3 is 0.767 bits per heavy atom. The highest BCUT2D eigenvalue weighted by molar-refractivity contribution is 5.24. The molecule has 5 aliphatic rings. The summed E-state index contributed by atoms with van der Waals surface area (Å²) in [5.74, 6) is -2.84. The lowest BCUT2D eigenvalue weighted by Crippen LogP contribution is -2.77. The Morgan fingerprint density at radius 2 is 0.633 bits per heavy atom. The van der Waals surface area contributed by atoms with Crippen LogP contribution in [0.3, 0.4) is 0 Å². The molecule has 24 heteroatoms. The highest BCUT2D eigenvalue weighted by Crippen LogP contribution is 2.52. The van der Waals surface area contributed by atoms with Gasteiger partial charge in [0.05, 0.1) is 0 Å². The quantitative estimate of drug-likeness (QED) is 0.287. The van der Waals surface area contributed by atoms with E-state index >= 15 is 0 Å². The number of piperazine rings is 1. The smallest absolute Gasteiger partial charge is 0.235 e. The van der Waals surface area contributed by atoms with Crippen LogP contribution >= 0.6 is 0 Å². The van der Waals surface area contributed by atoms with E-state index in [0.717, 1.165) is 0 Å². The molecular formula is C6H4N12O12. The van der Waals surface area contributed by atoms with Gasteiger partial charge in [0, 0.05) is 0 Å². The average Bonchev–Trinajstić information content (AvgIpc) is 3.03. The molecule has 0 aliphatic carbocycles. The van der Waals surface area contributed by atoms with Crippen LogP contribution in [0.1, 0.15) is 0 Å². The molecule has 5 aliphatic heterocycles. The van der Waals surface area contributed by atoms with E-state index in [1.54, 1.807) is 0 Å². The normalized spacial score (nSPS) is 28.4. The van der Waals surface area contributed by atoms with E-state index in [2.05, 4.69) is 0 Å². The van der Waals surface area contributed by atoms with Crippen molar-refractivity contribution in [1.29, 1.82) is 0 Å². The molecule has 160 valence electrons. The highest BCUT2D eigenvalue weighted by Gasteiger charge is 2.86. The first kappa shape index (κ1) is 18.3. The zero-order valence-corrected chi connectivity index (χ0v) is 13.6. The summed E-state index contributed by atoms with van der Waals surface area (Å²) >= 11 is 0. The van der Waals surface area contributed by atoms with E-state index in [1.807, 2.05) is 0 Å². The predicted octanol–water partition coefficient (Wildman–Crippen LogP) is -3.57. The molecular weight excluding hydrogens is 432 g/mol. The van der Waals surface area contributed by atoms with Crippen LogP contribution in [0.15, 0.2) is 11.6 Å². The number of nitro groups is 6. The van der Waals surface area contributed by atoms with E-state index in [9.17, 15) is 60.7 Å². The maximum Gasteiger partial charge on any atom is 0.292 e. The Labute approximate surface area is 158 Å². The molecule has 0 saturated carbocycles. The summed E-state index contributed by atoms with van der Waals surface area (Å²) in [6.07, 6.45) is -9.68. The van der Waals surface area contributed by atoms with Gasteiger partial charge in [0.25, 0.3) is 36.3 Å². The van der Waals surface area contributed by atoms with Crippen LogP contribution in [-0.2, 0) is 0 Å². The second kappa shape index (κ2) is 5.26. The minimum atomic E-state index is -2.42. The summed E-state index contributed by atoms with van der Waals surface area (Å²) < 4.78 is 0. The standard InChI is InChI=1S/C6H4N12O12/c19-13(20)7-1-2-8(14(21)22)5(7)6-9(15(23)24)3(11(1)17(27)28)4(10(6)16(25)26)12(2)18(29)30/h1-4H. The SMILES string of the molecule is O=[N+]([O-])N1C2=C3N([N+](=O)[O-])C4C(N3[N+](=O)[O-])N([N+](=O)[O-])C(C1N4[N+](=O)[O-])N2[N+](=O)[O-]. The van der Waals surface area contributed by atoms with Crippen LogP contribution in [0.5, 0.6) is 0 Å². The van der Waals surface area contributed by atoms with Gasteiger partial charge in [-0.15, -0.1) is 0 Å². The van der Waals surface area contributed by atoms with Crippen LogP contribution in [0.25, 0.3) is 0 Å². The van der Waals surface area contributed by atoms with Gasteiger partial charge in [-0.25, -0.2) is 60.7 Å². The van der Waals surface area contributed by atoms with Crippen molar-refractivity contribution in [2.45, 2.75) is 24.7 Å². The van der Waals surface area contributed by atoms with Crippen molar-refractivity contribution >= 4 is 0 Å². The summed E-state index contributed by atoms with van der Waals surface area (Å²) in [4.78, 5) is 69.8. The summed E-state index contributed by atoms with van der Waals surface area (Å²) in [7, 11) is 0. The Kier molecular flexibility index (Phi) is 3.21. The zero-order chi connectivity index (χ0) is 22.4. The molecule has 0 radical (unpaired) electrons. The van der Waals surface area contributed by atoms with E-state index in [-0.39, 0.29) is 30.1 Å². The van der Waals surface area contributed by atoms with Gasteiger partial charge >= 0.3 is 0 Å². The Bertz CT molecular complexity index is 843. The molecule has 6 bridgehead atoms. The molecule has 30 heavy (non-hydrogen) atoms. The maximum atomic E-state index is 11.7. The van der Waals surface area contributed by atoms with Crippen molar-refractivity contribution in [2.75, 3.05) is 0 Å². The molecule has 0 amide bonds. The fraction of sp³-hybridized carbons (Fsp3) is 0.667. The Hall–Kier alpha value is -5.06.